The summed E-state index contributed by atoms with van der Waals surface area (Å²) in [6, 6.07) is 3.71. The molecule has 1 aliphatic heterocycles. The number of unbranched alkanes of at least 4 members (excludes halogenated alkanes) is 1. The Kier molecular flexibility index (Phi) is 20.5. The zero-order valence-corrected chi connectivity index (χ0v) is 42.5. The molecule has 0 aromatic heterocycles. The number of hydrazine groups is 1. The van der Waals surface area contributed by atoms with Crippen molar-refractivity contribution in [3.8, 4) is 0 Å². The van der Waals surface area contributed by atoms with Crippen molar-refractivity contribution < 1.29 is 54.1 Å². The fraction of sp³-hybridized carbons (Fsp3) is 0.769. The molecule has 5 fully saturated rings. The van der Waals surface area contributed by atoms with Crippen LogP contribution in [0.5, 0.6) is 0 Å². The Bertz CT molecular complexity index is 1990. The van der Waals surface area contributed by atoms with Crippen LogP contribution in [0.1, 0.15) is 142 Å². The Morgan fingerprint density at radius 3 is 2.10 bits per heavy atom. The van der Waals surface area contributed by atoms with Gasteiger partial charge in [-0.2, -0.15) is 0 Å². The molecule has 18 nitrogen and oxygen atoms in total. The Balaban J connectivity index is 0.830. The maximum Gasteiger partial charge on any atom is 0.488 e. The molecule has 3 amide bonds. The number of fused-ring (bicyclic) bond motifs is 5. The third kappa shape index (κ3) is 14.6. The van der Waals surface area contributed by atoms with E-state index in [1.807, 2.05) is 17.0 Å². The van der Waals surface area contributed by atoms with Crippen LogP contribution in [0, 0.1) is 46.3 Å². The number of hydrogen-bond donors (Lipinski definition) is 10. The van der Waals surface area contributed by atoms with Gasteiger partial charge >= 0.3 is 19.1 Å². The molecule has 5 aliphatic rings. The number of ketones is 1. The molecule has 11 N–H and O–H groups in total. The van der Waals surface area contributed by atoms with E-state index in [4.69, 9.17) is 5.84 Å². The minimum atomic E-state index is -1.56. The quantitative estimate of drug-likeness (QED) is 0.0276. The lowest BCUT2D eigenvalue weighted by Crippen LogP contribution is -2.54. The summed E-state index contributed by atoms with van der Waals surface area (Å²) >= 11 is 0. The van der Waals surface area contributed by atoms with E-state index in [0.717, 1.165) is 43.1 Å². The first-order valence-electron chi connectivity index (χ1n) is 26.7. The first-order valence-corrected chi connectivity index (χ1v) is 26.7. The van der Waals surface area contributed by atoms with Gasteiger partial charge in [0.1, 0.15) is 17.9 Å². The second kappa shape index (κ2) is 25.8. The molecule has 4 aliphatic carbocycles. The normalized spacial score (nSPS) is 29.3. The average Bonchev–Trinajstić information content (AvgIpc) is 3.70. The van der Waals surface area contributed by atoms with Crippen molar-refractivity contribution in [3.63, 3.8) is 0 Å². The van der Waals surface area contributed by atoms with Crippen LogP contribution >= 0.6 is 0 Å². The predicted octanol–water partition coefficient (Wildman–Crippen LogP) is 2.31. The van der Waals surface area contributed by atoms with Gasteiger partial charge in [-0.05, 0) is 154 Å². The van der Waals surface area contributed by atoms with Gasteiger partial charge in [0.2, 0.25) is 17.7 Å². The Hall–Kier alpha value is -3.98. The SMILES string of the molecule is CC(CCC(=O)NC(CCC(=O)NCCCCC(NN)C(=O)NC(CCC(=O)CN1CCN(Cc2ccccc2B(O)O)CC1)C(=O)O)C(=O)O)C1CCC2C3CC[C@H]4C[C@@H](O)CC[C@@]4(C)C3CC[C@@]12C. The van der Waals surface area contributed by atoms with E-state index < -0.39 is 43.1 Å². The molecule has 0 bridgehead atoms. The molecule has 1 aromatic carbocycles. The van der Waals surface area contributed by atoms with E-state index >= 15 is 0 Å². The average molecular weight is 994 g/mol. The number of carbonyl (C=O) groups excluding carboxylic acids is 4. The van der Waals surface area contributed by atoms with Crippen LogP contribution in [0.4, 0.5) is 0 Å². The highest BCUT2D eigenvalue weighted by Gasteiger charge is 2.60. The number of rotatable bonds is 26. The maximum atomic E-state index is 13.1. The molecule has 12 atom stereocenters. The predicted molar refractivity (Wildman–Crippen MR) is 268 cm³/mol. The first-order chi connectivity index (χ1) is 33.8. The number of carbonyl (C=O) groups is 6. The van der Waals surface area contributed by atoms with Gasteiger partial charge < -0.3 is 41.3 Å². The molecule has 0 radical (unpaired) electrons. The summed E-state index contributed by atoms with van der Waals surface area (Å²) in [5.41, 5.74) is 4.27. The van der Waals surface area contributed by atoms with E-state index in [1.54, 1.807) is 12.1 Å². The fourth-order valence-electron chi connectivity index (χ4n) is 14.1. The van der Waals surface area contributed by atoms with Crippen molar-refractivity contribution in [1.29, 1.82) is 0 Å². The van der Waals surface area contributed by atoms with Crippen molar-refractivity contribution >= 4 is 48.0 Å². The molecule has 6 rings (SSSR count). The Morgan fingerprint density at radius 1 is 0.746 bits per heavy atom. The van der Waals surface area contributed by atoms with Gasteiger partial charge in [0.05, 0.1) is 18.7 Å². The molecule has 71 heavy (non-hydrogen) atoms. The fourth-order valence-corrected chi connectivity index (χ4v) is 14.1. The van der Waals surface area contributed by atoms with Gasteiger partial charge in [-0.15, -0.1) is 0 Å². The highest BCUT2D eigenvalue weighted by atomic mass is 16.4. The number of nitrogens with one attached hydrogen (secondary N) is 4. The third-order valence-electron chi connectivity index (χ3n) is 18.2. The van der Waals surface area contributed by atoms with Gasteiger partial charge in [0, 0.05) is 58.5 Å². The van der Waals surface area contributed by atoms with Gasteiger partial charge in [-0.25, -0.2) is 15.0 Å². The Labute approximate surface area is 420 Å². The van der Waals surface area contributed by atoms with Crippen LogP contribution in [0.3, 0.4) is 0 Å². The number of aliphatic hydroxyl groups is 1. The summed E-state index contributed by atoms with van der Waals surface area (Å²) < 4.78 is 0. The number of nitrogens with zero attached hydrogens (tertiary/aromatic N) is 2. The topological polar surface area (TPSA) is 284 Å². The van der Waals surface area contributed by atoms with Gasteiger partial charge in [-0.3, -0.25) is 34.8 Å². The smallest absolute Gasteiger partial charge is 0.480 e. The minimum absolute atomic E-state index is 0.0472. The number of hydrogen-bond acceptors (Lipinski definition) is 13. The number of carboxylic acids is 2. The lowest BCUT2D eigenvalue weighted by atomic mass is 9.44. The molecule has 0 spiro atoms. The lowest BCUT2D eigenvalue weighted by molar-refractivity contribution is -0.142. The van der Waals surface area contributed by atoms with E-state index in [2.05, 4.69) is 47.0 Å². The molecule has 1 aromatic rings. The number of carboxylic acid groups (broad SMARTS) is 2. The second-order valence-electron chi connectivity index (χ2n) is 22.5. The van der Waals surface area contributed by atoms with E-state index in [-0.39, 0.29) is 80.7 Å². The summed E-state index contributed by atoms with van der Waals surface area (Å²) in [6.07, 6.45) is 12.0. The summed E-state index contributed by atoms with van der Waals surface area (Å²) in [6.45, 7) is 10.8. The van der Waals surface area contributed by atoms with Crippen molar-refractivity contribution in [2.45, 2.75) is 167 Å². The lowest BCUT2D eigenvalue weighted by Gasteiger charge is -2.61. The monoisotopic (exact) mass is 994 g/mol. The number of aliphatic hydroxyl groups excluding tert-OH is 1. The molecule has 1 heterocycles. The van der Waals surface area contributed by atoms with E-state index in [0.29, 0.717) is 86.5 Å². The van der Waals surface area contributed by atoms with Crippen molar-refractivity contribution in [2.24, 2.45) is 52.2 Å². The number of nitrogens with two attached hydrogens (primary N) is 1. The van der Waals surface area contributed by atoms with Crippen LogP contribution in [0.25, 0.3) is 0 Å². The highest BCUT2D eigenvalue weighted by Crippen LogP contribution is 2.68. The molecular weight excluding hydrogens is 909 g/mol. The van der Waals surface area contributed by atoms with Crippen LogP contribution in [0.2, 0.25) is 0 Å². The first kappa shape index (κ1) is 56.3. The van der Waals surface area contributed by atoms with Gasteiger partial charge in [-0.1, -0.05) is 45.0 Å². The van der Waals surface area contributed by atoms with Gasteiger partial charge in [0.15, 0.2) is 0 Å². The number of amides is 3. The van der Waals surface area contributed by atoms with Crippen LogP contribution in [-0.4, -0.2) is 141 Å². The van der Waals surface area contributed by atoms with Crippen LogP contribution < -0.4 is 32.7 Å². The van der Waals surface area contributed by atoms with E-state index in [1.165, 1.54) is 32.1 Å². The molecule has 396 valence electrons. The maximum absolute atomic E-state index is 13.1. The number of piperazine rings is 1. The number of Topliss-reactive ketones (excluding diaryl/α,β-unsaturated/α-hetero) is 1. The minimum Gasteiger partial charge on any atom is -0.480 e. The van der Waals surface area contributed by atoms with Crippen LogP contribution in [-0.2, 0) is 35.3 Å². The molecule has 8 unspecified atom stereocenters. The zero-order chi connectivity index (χ0) is 51.5. The molecule has 1 saturated heterocycles. The van der Waals surface area contributed by atoms with E-state index in [9.17, 15) is 54.1 Å². The van der Waals surface area contributed by atoms with Gasteiger partial charge in [0.25, 0.3) is 0 Å². The number of aliphatic carboxylic acids is 2. The van der Waals surface area contributed by atoms with Crippen molar-refractivity contribution in [1.82, 2.24) is 31.2 Å². The number of benzene rings is 1. The second-order valence-corrected chi connectivity index (χ2v) is 22.5. The third-order valence-corrected chi connectivity index (χ3v) is 18.2. The van der Waals surface area contributed by atoms with Crippen molar-refractivity contribution in [3.05, 3.63) is 29.8 Å². The molecule has 19 heteroatoms. The summed E-state index contributed by atoms with van der Waals surface area (Å²) in [5.74, 6) is 5.35. The summed E-state index contributed by atoms with van der Waals surface area (Å²) in [4.78, 5) is 80.1. The standard InChI is InChI=1S/C52H84BN7O11/c1-33(39-15-16-40-38-14-12-35-30-36(61)21-23-51(35,2)41(38)22-24-52(39,40)3)11-19-47(64)56-44(49(66)67)18-20-46(63)55-25-7-6-10-43(58-54)48(65)57-45(50(68)69)17-13-37(62)32-60-28-26-59(27-29-60)31-34-8-4-5-9-42(34)53(70)71/h4-5,8-9,33,35-36,38-41,43-45,58,61,70-71H,6-7,10-32,54H2,1-3H3,(H,55,63)(H,56,64)(H,57,65)(H,66,67)(H,68,69)/t33?,35-,36-,38?,39?,40?,41?,43?,44?,45?,51+,52-/m0/s1. The Morgan fingerprint density at radius 2 is 1.39 bits per heavy atom. The van der Waals surface area contributed by atoms with Crippen LogP contribution in [0.15, 0.2) is 24.3 Å². The largest absolute Gasteiger partial charge is 0.488 e. The zero-order valence-electron chi connectivity index (χ0n) is 42.5. The van der Waals surface area contributed by atoms with Crippen molar-refractivity contribution in [2.75, 3.05) is 39.3 Å². The summed E-state index contributed by atoms with van der Waals surface area (Å²) in [5, 5.41) is 57.4. The summed E-state index contributed by atoms with van der Waals surface area (Å²) in [7, 11) is -1.56. The highest BCUT2D eigenvalue weighted by molar-refractivity contribution is 6.59. The molecular formula is C52H84BN7O11. The molecule has 4 saturated carbocycles.